The van der Waals surface area contributed by atoms with Gasteiger partial charge in [0.05, 0.1) is 27.9 Å². The van der Waals surface area contributed by atoms with Crippen molar-refractivity contribution in [2.24, 2.45) is 12.2 Å². The Kier molecular flexibility index (Phi) is 5.70. The average molecular weight is 456 g/mol. The third-order valence-electron chi connectivity index (χ3n) is 4.66. The zero-order chi connectivity index (χ0) is 22.9. The van der Waals surface area contributed by atoms with Gasteiger partial charge in [0, 0.05) is 29.5 Å². The van der Waals surface area contributed by atoms with Crippen LogP contribution in [0.2, 0.25) is 0 Å². The number of hydrogen-bond donors (Lipinski definition) is 0. The van der Waals surface area contributed by atoms with E-state index in [2.05, 4.69) is 15.3 Å². The molecule has 0 N–H and O–H groups in total. The molecule has 0 unspecified atom stereocenters. The zero-order valence-electron chi connectivity index (χ0n) is 16.6. The average Bonchev–Trinajstić information content (AvgIpc) is 3.35. The Morgan fingerprint density at radius 3 is 2.69 bits per heavy atom. The largest absolute Gasteiger partial charge is 0.416 e. The molecule has 0 spiro atoms. The second-order valence-electron chi connectivity index (χ2n) is 7.00. The highest BCUT2D eigenvalue weighted by Gasteiger charge is 2.30. The Morgan fingerprint density at radius 2 is 1.97 bits per heavy atom. The van der Waals surface area contributed by atoms with Gasteiger partial charge in [-0.25, -0.2) is 4.98 Å². The van der Waals surface area contributed by atoms with Crippen molar-refractivity contribution in [3.8, 4) is 11.3 Å². The van der Waals surface area contributed by atoms with Crippen molar-refractivity contribution in [2.75, 3.05) is 0 Å². The minimum atomic E-state index is -4.49. The van der Waals surface area contributed by atoms with E-state index in [9.17, 15) is 22.9 Å². The van der Waals surface area contributed by atoms with Crippen LogP contribution < -0.4 is 0 Å². The number of amides is 1. The molecule has 0 fully saturated rings. The maximum Gasteiger partial charge on any atom is 0.416 e. The van der Waals surface area contributed by atoms with Gasteiger partial charge in [-0.05, 0) is 35.9 Å². The Hall–Kier alpha value is -3.66. The molecule has 0 atom stereocenters. The fourth-order valence-corrected chi connectivity index (χ4v) is 4.24. The number of hydrogen-bond acceptors (Lipinski definition) is 5. The van der Waals surface area contributed by atoms with E-state index in [1.165, 1.54) is 28.2 Å². The van der Waals surface area contributed by atoms with E-state index in [0.29, 0.717) is 21.8 Å². The monoisotopic (exact) mass is 456 g/mol. The molecule has 2 aromatic heterocycles. The van der Waals surface area contributed by atoms with E-state index in [1.54, 1.807) is 19.3 Å². The van der Waals surface area contributed by atoms with Crippen LogP contribution in [0.25, 0.3) is 33.1 Å². The van der Waals surface area contributed by atoms with Gasteiger partial charge >= 0.3 is 6.18 Å². The quantitative estimate of drug-likeness (QED) is 0.348. The van der Waals surface area contributed by atoms with Gasteiger partial charge in [0.15, 0.2) is 0 Å². The second kappa shape index (κ2) is 8.46. The van der Waals surface area contributed by atoms with E-state index < -0.39 is 17.6 Å². The van der Waals surface area contributed by atoms with Crippen molar-refractivity contribution >= 4 is 39.1 Å². The molecule has 2 aromatic carbocycles. The van der Waals surface area contributed by atoms with Gasteiger partial charge in [-0.3, -0.25) is 9.48 Å². The van der Waals surface area contributed by atoms with E-state index >= 15 is 0 Å². The van der Waals surface area contributed by atoms with Crippen molar-refractivity contribution in [1.29, 1.82) is 0 Å². The van der Waals surface area contributed by atoms with E-state index in [-0.39, 0.29) is 12.0 Å². The Morgan fingerprint density at radius 1 is 1.19 bits per heavy atom. The first-order valence-electron chi connectivity index (χ1n) is 9.38. The number of aryl methyl sites for hydroxylation is 1. The van der Waals surface area contributed by atoms with Gasteiger partial charge in [0.2, 0.25) is 0 Å². The smallest absolute Gasteiger partial charge is 0.275 e. The predicted molar refractivity (Wildman–Crippen MR) is 117 cm³/mol. The summed E-state index contributed by atoms with van der Waals surface area (Å²) in [4.78, 5) is 27.1. The van der Waals surface area contributed by atoms with Gasteiger partial charge in [-0.15, -0.1) is 16.2 Å². The normalized spacial score (nSPS) is 12.3. The third-order valence-corrected chi connectivity index (χ3v) is 5.77. The number of alkyl halides is 3. The highest BCUT2D eigenvalue weighted by molar-refractivity contribution is 7.19. The Bertz CT molecular complexity index is 1320. The predicted octanol–water partition coefficient (Wildman–Crippen LogP) is 5.94. The fraction of sp³-hybridized carbons (Fsp3) is 0.136. The first-order chi connectivity index (χ1) is 15.2. The first-order valence-corrected chi connectivity index (χ1v) is 10.2. The van der Waals surface area contributed by atoms with Gasteiger partial charge in [-0.2, -0.15) is 18.3 Å². The van der Waals surface area contributed by atoms with Crippen LogP contribution in [0.5, 0.6) is 0 Å². The maximum atomic E-state index is 13.2. The summed E-state index contributed by atoms with van der Waals surface area (Å²) in [7, 11) is 1.64. The number of nitroso groups, excluding NO2 is 1. The molecule has 162 valence electrons. The van der Waals surface area contributed by atoms with Crippen LogP contribution in [0.3, 0.4) is 0 Å². The lowest BCUT2D eigenvalue weighted by Gasteiger charge is -2.08. The van der Waals surface area contributed by atoms with E-state index in [4.69, 9.17) is 0 Å². The van der Waals surface area contributed by atoms with Crippen LogP contribution in [0.4, 0.5) is 13.2 Å². The molecule has 10 heteroatoms. The molecule has 0 saturated carbocycles. The Balaban J connectivity index is 1.84. The Labute approximate surface area is 184 Å². The molecule has 0 aliphatic carbocycles. The lowest BCUT2D eigenvalue weighted by molar-refractivity contribution is -0.137. The molecule has 2 heterocycles. The summed E-state index contributed by atoms with van der Waals surface area (Å²) in [5, 5.41) is 7.30. The molecular formula is C22H15F3N4O2S. The molecule has 32 heavy (non-hydrogen) atoms. The summed E-state index contributed by atoms with van der Waals surface area (Å²) >= 11 is 1.34. The van der Waals surface area contributed by atoms with Crippen molar-refractivity contribution in [2.45, 2.75) is 12.6 Å². The molecule has 1 amide bonds. The second-order valence-corrected chi connectivity index (χ2v) is 8.03. The van der Waals surface area contributed by atoms with Crippen LogP contribution in [0, 0.1) is 4.91 Å². The highest BCUT2D eigenvalue weighted by atomic mass is 32.1. The summed E-state index contributed by atoms with van der Waals surface area (Å²) in [5.41, 5.74) is 1.44. The van der Waals surface area contributed by atoms with Crippen LogP contribution in [-0.2, 0) is 18.0 Å². The summed E-state index contributed by atoms with van der Waals surface area (Å²) < 4.78 is 41.9. The molecule has 4 rings (SSSR count). The number of fused-ring (bicyclic) bond motifs is 1. The molecule has 0 radical (unpaired) electrons. The minimum Gasteiger partial charge on any atom is -0.275 e. The summed E-state index contributed by atoms with van der Waals surface area (Å²) in [6.07, 6.45) is -1.54. The molecule has 4 aromatic rings. The van der Waals surface area contributed by atoms with Crippen molar-refractivity contribution in [3.63, 3.8) is 0 Å². The number of rotatable bonds is 5. The molecule has 6 nitrogen and oxygen atoms in total. The number of carbonyl (C=O) groups excluding carboxylic acids is 1. The molecule has 0 saturated heterocycles. The standard InChI is InChI=1S/C22H15F3N4O2S/c1-29-12-15(20(27-29)13-5-4-6-16(10-13)22(23,24)25)9-14(11-19(30)28-31)21-26-17-7-2-3-8-18(17)32-21/h2-10,12H,11H2,1H3/b14-9+. The van der Waals surface area contributed by atoms with Gasteiger partial charge in [-0.1, -0.05) is 24.3 Å². The summed E-state index contributed by atoms with van der Waals surface area (Å²) in [6, 6.07) is 12.3. The van der Waals surface area contributed by atoms with Gasteiger partial charge in [0.1, 0.15) is 5.01 Å². The SMILES string of the molecule is Cn1cc(/C=C(\CC(=O)N=O)c2nc3ccccc3s2)c(-c2cccc(C(F)(F)F)c2)n1. The maximum absolute atomic E-state index is 13.2. The van der Waals surface area contributed by atoms with E-state index in [1.807, 2.05) is 24.3 Å². The number of halogens is 3. The van der Waals surface area contributed by atoms with E-state index in [0.717, 1.165) is 22.3 Å². The van der Waals surface area contributed by atoms with Crippen molar-refractivity contribution in [3.05, 3.63) is 75.8 Å². The fourth-order valence-electron chi connectivity index (χ4n) is 3.26. The topological polar surface area (TPSA) is 77.2 Å². The lowest BCUT2D eigenvalue weighted by Crippen LogP contribution is -2.04. The minimum absolute atomic E-state index is 0.273. The number of carbonyl (C=O) groups is 1. The number of para-hydroxylation sites is 1. The number of nitrogens with zero attached hydrogens (tertiary/aromatic N) is 4. The van der Waals surface area contributed by atoms with Crippen LogP contribution in [0.1, 0.15) is 22.6 Å². The number of benzene rings is 2. The van der Waals surface area contributed by atoms with Crippen molar-refractivity contribution < 1.29 is 18.0 Å². The lowest BCUT2D eigenvalue weighted by atomic mass is 10.0. The van der Waals surface area contributed by atoms with Gasteiger partial charge in [0.25, 0.3) is 5.91 Å². The molecule has 0 aliphatic rings. The van der Waals surface area contributed by atoms with Crippen LogP contribution in [0.15, 0.2) is 59.9 Å². The van der Waals surface area contributed by atoms with Crippen molar-refractivity contribution in [1.82, 2.24) is 14.8 Å². The van der Waals surface area contributed by atoms with Crippen LogP contribution in [-0.4, -0.2) is 20.7 Å². The van der Waals surface area contributed by atoms with Gasteiger partial charge < -0.3 is 0 Å². The number of thiazole rings is 1. The summed E-state index contributed by atoms with van der Waals surface area (Å²) in [6.45, 7) is 0. The van der Waals surface area contributed by atoms with Crippen LogP contribution >= 0.6 is 11.3 Å². The third kappa shape index (κ3) is 4.50. The molecule has 0 bridgehead atoms. The molecular weight excluding hydrogens is 441 g/mol. The number of aromatic nitrogens is 3. The highest BCUT2D eigenvalue weighted by Crippen LogP contribution is 2.35. The molecule has 0 aliphatic heterocycles. The zero-order valence-corrected chi connectivity index (χ0v) is 17.4. The first kappa shape index (κ1) is 21.6. The summed E-state index contributed by atoms with van der Waals surface area (Å²) in [5.74, 6) is -0.875.